The molecule has 24 heavy (non-hydrogen) atoms. The highest BCUT2D eigenvalue weighted by atomic mass is 32.2. The van der Waals surface area contributed by atoms with Crippen molar-refractivity contribution in [3.63, 3.8) is 0 Å². The summed E-state index contributed by atoms with van der Waals surface area (Å²) in [6.45, 7) is 5.42. The number of para-hydroxylation sites is 1. The van der Waals surface area contributed by atoms with Crippen molar-refractivity contribution in [3.8, 4) is 0 Å². The van der Waals surface area contributed by atoms with Gasteiger partial charge in [0.1, 0.15) is 10.6 Å². The summed E-state index contributed by atoms with van der Waals surface area (Å²) >= 11 is 0. The van der Waals surface area contributed by atoms with Crippen LogP contribution in [-0.4, -0.2) is 70.4 Å². The number of hydrogen-bond acceptors (Lipinski definition) is 7. The van der Waals surface area contributed by atoms with E-state index in [9.17, 15) is 18.5 Å². The summed E-state index contributed by atoms with van der Waals surface area (Å²) in [5.41, 5.74) is 0.0266. The third-order valence-corrected chi connectivity index (χ3v) is 5.38. The van der Waals surface area contributed by atoms with Crippen LogP contribution in [0.3, 0.4) is 0 Å². The van der Waals surface area contributed by atoms with Gasteiger partial charge in [-0.05, 0) is 19.1 Å². The highest BCUT2D eigenvalue weighted by Gasteiger charge is 2.32. The van der Waals surface area contributed by atoms with Gasteiger partial charge >= 0.3 is 5.69 Å². The van der Waals surface area contributed by atoms with Crippen LogP contribution in [0.4, 0.5) is 11.4 Å². The summed E-state index contributed by atoms with van der Waals surface area (Å²) < 4.78 is 28.9. The molecule has 0 bridgehead atoms. The third kappa shape index (κ3) is 4.03. The fourth-order valence-corrected chi connectivity index (χ4v) is 3.86. The van der Waals surface area contributed by atoms with Gasteiger partial charge in [-0.15, -0.1) is 0 Å². The Morgan fingerprint density at radius 1 is 1.38 bits per heavy atom. The largest absolute Gasteiger partial charge is 0.383 e. The van der Waals surface area contributed by atoms with Crippen LogP contribution in [-0.2, 0) is 14.6 Å². The van der Waals surface area contributed by atoms with Crippen LogP contribution >= 0.6 is 0 Å². The second kappa shape index (κ2) is 7.45. The van der Waals surface area contributed by atoms with E-state index < -0.39 is 14.8 Å². The Labute approximate surface area is 142 Å². The molecule has 1 fully saturated rings. The maximum atomic E-state index is 11.9. The molecule has 134 valence electrons. The number of nitro benzene ring substituents is 1. The number of hydrogen-bond donors (Lipinski definition) is 0. The summed E-state index contributed by atoms with van der Waals surface area (Å²) in [7, 11) is -2.02. The molecule has 1 unspecified atom stereocenters. The predicted molar refractivity (Wildman–Crippen MR) is 91.3 cm³/mol. The lowest BCUT2D eigenvalue weighted by Crippen LogP contribution is -2.52. The van der Waals surface area contributed by atoms with Gasteiger partial charge < -0.3 is 9.64 Å². The zero-order valence-corrected chi connectivity index (χ0v) is 15.0. The highest BCUT2D eigenvalue weighted by Crippen LogP contribution is 2.35. The number of benzene rings is 1. The molecule has 0 amide bonds. The maximum absolute atomic E-state index is 11.9. The number of rotatable bonds is 6. The van der Waals surface area contributed by atoms with E-state index in [-0.39, 0.29) is 16.6 Å². The molecule has 2 rings (SSSR count). The van der Waals surface area contributed by atoms with E-state index >= 15 is 0 Å². The summed E-state index contributed by atoms with van der Waals surface area (Å²) in [6, 6.07) is 4.65. The topological polar surface area (TPSA) is 93.0 Å². The molecule has 1 heterocycles. The van der Waals surface area contributed by atoms with Crippen molar-refractivity contribution < 1.29 is 18.1 Å². The number of nitro groups is 1. The van der Waals surface area contributed by atoms with Crippen molar-refractivity contribution >= 4 is 21.2 Å². The first-order chi connectivity index (χ1) is 11.3. The molecule has 0 saturated carbocycles. The summed E-state index contributed by atoms with van der Waals surface area (Å²) in [5, 5.41) is 11.5. The van der Waals surface area contributed by atoms with Gasteiger partial charge in [-0.1, -0.05) is 6.07 Å². The van der Waals surface area contributed by atoms with Crippen molar-refractivity contribution in [2.45, 2.75) is 17.9 Å². The average Bonchev–Trinajstić information content (AvgIpc) is 2.52. The van der Waals surface area contributed by atoms with Gasteiger partial charge in [0, 0.05) is 45.6 Å². The van der Waals surface area contributed by atoms with Gasteiger partial charge in [-0.2, -0.15) is 0 Å². The fraction of sp³-hybridized carbons (Fsp3) is 0.600. The number of ether oxygens (including phenoxy) is 1. The lowest BCUT2D eigenvalue weighted by Gasteiger charge is -2.40. The standard InChI is InChI=1S/C15H23N3O5S/c1-12-11-17(8-7-16(12)9-10-23-2)13-5-4-6-14(24(3,21)22)15(13)18(19)20/h4-6,12H,7-11H2,1-3H3. The Bertz CT molecular complexity index is 707. The third-order valence-electron chi connectivity index (χ3n) is 4.25. The SMILES string of the molecule is COCCN1CCN(c2cccc(S(C)(=O)=O)c2[N+](=O)[O-])CC1C. The molecule has 1 atom stereocenters. The van der Waals surface area contributed by atoms with E-state index in [2.05, 4.69) is 4.90 Å². The van der Waals surface area contributed by atoms with Gasteiger partial charge in [0.15, 0.2) is 9.84 Å². The van der Waals surface area contributed by atoms with Crippen LogP contribution in [0.2, 0.25) is 0 Å². The van der Waals surface area contributed by atoms with E-state index in [4.69, 9.17) is 4.74 Å². The van der Waals surface area contributed by atoms with Crippen molar-refractivity contribution in [2.24, 2.45) is 0 Å². The number of anilines is 1. The monoisotopic (exact) mass is 357 g/mol. The Morgan fingerprint density at radius 2 is 2.08 bits per heavy atom. The molecule has 9 heteroatoms. The molecule has 0 radical (unpaired) electrons. The average molecular weight is 357 g/mol. The van der Waals surface area contributed by atoms with Crippen LogP contribution in [0.1, 0.15) is 6.92 Å². The maximum Gasteiger partial charge on any atom is 0.311 e. The molecular weight excluding hydrogens is 334 g/mol. The Kier molecular flexibility index (Phi) is 5.79. The van der Waals surface area contributed by atoms with Crippen LogP contribution in [0, 0.1) is 10.1 Å². The molecule has 1 aliphatic heterocycles. The van der Waals surface area contributed by atoms with Gasteiger partial charge in [0.05, 0.1) is 11.5 Å². The molecule has 0 aromatic heterocycles. The highest BCUT2D eigenvalue weighted by molar-refractivity contribution is 7.90. The van der Waals surface area contributed by atoms with Crippen molar-refractivity contribution in [2.75, 3.05) is 51.1 Å². The quantitative estimate of drug-likeness (QED) is 0.557. The Morgan fingerprint density at radius 3 is 2.62 bits per heavy atom. The van der Waals surface area contributed by atoms with Gasteiger partial charge in [0.2, 0.25) is 0 Å². The summed E-state index contributed by atoms with van der Waals surface area (Å²) in [4.78, 5) is 14.8. The van der Waals surface area contributed by atoms with Gasteiger partial charge in [-0.25, -0.2) is 8.42 Å². The number of methoxy groups -OCH3 is 1. The lowest BCUT2D eigenvalue weighted by atomic mass is 10.1. The molecule has 0 spiro atoms. The van der Waals surface area contributed by atoms with E-state index in [0.717, 1.165) is 19.3 Å². The molecule has 1 aromatic rings. The first kappa shape index (κ1) is 18.6. The predicted octanol–water partition coefficient (Wildman–Crippen LogP) is 1.16. The first-order valence-electron chi connectivity index (χ1n) is 7.71. The minimum atomic E-state index is -3.67. The summed E-state index contributed by atoms with van der Waals surface area (Å²) in [5.74, 6) is 0. The second-order valence-electron chi connectivity index (χ2n) is 5.98. The zero-order valence-electron chi connectivity index (χ0n) is 14.1. The second-order valence-corrected chi connectivity index (χ2v) is 7.96. The minimum Gasteiger partial charge on any atom is -0.383 e. The van der Waals surface area contributed by atoms with Crippen LogP contribution in [0.15, 0.2) is 23.1 Å². The molecule has 8 nitrogen and oxygen atoms in total. The molecule has 0 aliphatic carbocycles. The molecule has 1 aliphatic rings. The van der Waals surface area contributed by atoms with Crippen molar-refractivity contribution in [3.05, 3.63) is 28.3 Å². The minimum absolute atomic E-state index is 0.190. The van der Waals surface area contributed by atoms with Crippen LogP contribution < -0.4 is 4.90 Å². The van der Waals surface area contributed by atoms with E-state index in [1.165, 1.54) is 6.07 Å². The molecule has 0 N–H and O–H groups in total. The number of nitrogens with zero attached hydrogens (tertiary/aromatic N) is 3. The van der Waals surface area contributed by atoms with E-state index in [1.54, 1.807) is 19.2 Å². The van der Waals surface area contributed by atoms with Crippen molar-refractivity contribution in [1.29, 1.82) is 0 Å². The number of piperazine rings is 1. The van der Waals surface area contributed by atoms with Gasteiger partial charge in [-0.3, -0.25) is 15.0 Å². The van der Waals surface area contributed by atoms with Crippen LogP contribution in [0.25, 0.3) is 0 Å². The Hall–Kier alpha value is -1.71. The normalized spacial score (nSPS) is 19.5. The molecular formula is C15H23N3O5S. The molecule has 1 aromatic carbocycles. The van der Waals surface area contributed by atoms with Crippen LogP contribution in [0.5, 0.6) is 0 Å². The van der Waals surface area contributed by atoms with E-state index in [0.29, 0.717) is 25.4 Å². The van der Waals surface area contributed by atoms with Crippen molar-refractivity contribution in [1.82, 2.24) is 4.90 Å². The number of sulfone groups is 1. The summed E-state index contributed by atoms with van der Waals surface area (Å²) in [6.07, 6.45) is 0.991. The van der Waals surface area contributed by atoms with Gasteiger partial charge in [0.25, 0.3) is 0 Å². The molecule has 1 saturated heterocycles. The Balaban J connectivity index is 2.32. The smallest absolute Gasteiger partial charge is 0.311 e. The zero-order chi connectivity index (χ0) is 17.9. The first-order valence-corrected chi connectivity index (χ1v) is 9.60. The lowest BCUT2D eigenvalue weighted by molar-refractivity contribution is -0.387. The fourth-order valence-electron chi connectivity index (χ4n) is 3.00. The van der Waals surface area contributed by atoms with E-state index in [1.807, 2.05) is 11.8 Å².